The quantitative estimate of drug-likeness (QED) is 0.621. The Morgan fingerprint density at radius 3 is 2.93 bits per heavy atom. The zero-order valence-electron chi connectivity index (χ0n) is 8.36. The Kier molecular flexibility index (Phi) is 3.88. The largest absolute Gasteiger partial charge is 0.468 e. The van der Waals surface area contributed by atoms with Crippen molar-refractivity contribution in [3.05, 3.63) is 0 Å². The van der Waals surface area contributed by atoms with Crippen molar-refractivity contribution in [3.8, 4) is 0 Å². The van der Waals surface area contributed by atoms with Crippen LogP contribution in [0.15, 0.2) is 0 Å². The fourth-order valence-electron chi connectivity index (χ4n) is 1.50. The Morgan fingerprint density at radius 2 is 2.43 bits per heavy atom. The van der Waals surface area contributed by atoms with Gasteiger partial charge in [0.1, 0.15) is 6.04 Å². The van der Waals surface area contributed by atoms with Gasteiger partial charge in [0, 0.05) is 19.5 Å². The zero-order valence-corrected chi connectivity index (χ0v) is 8.36. The van der Waals surface area contributed by atoms with Crippen LogP contribution in [0, 0.1) is 0 Å². The lowest BCUT2D eigenvalue weighted by Gasteiger charge is -2.17. The third-order valence-corrected chi connectivity index (χ3v) is 2.39. The second kappa shape index (κ2) is 4.95. The van der Waals surface area contributed by atoms with Crippen LogP contribution in [0.4, 0.5) is 0 Å². The van der Waals surface area contributed by atoms with Crippen LogP contribution in [0.2, 0.25) is 0 Å². The number of hydrogen-bond acceptors (Lipinski definition) is 4. The topological polar surface area (TPSA) is 72.6 Å². The molecule has 1 unspecified atom stereocenters. The molecule has 0 spiro atoms. The molecule has 5 heteroatoms. The number of ether oxygens (including phenoxy) is 1. The van der Waals surface area contributed by atoms with E-state index in [-0.39, 0.29) is 5.91 Å². The molecule has 2 N–H and O–H groups in total. The van der Waals surface area contributed by atoms with Gasteiger partial charge in [-0.2, -0.15) is 0 Å². The summed E-state index contributed by atoms with van der Waals surface area (Å²) < 4.78 is 4.49. The number of carbonyl (C=O) groups excluding carboxylic acids is 2. The molecule has 1 atom stereocenters. The highest BCUT2D eigenvalue weighted by molar-refractivity contribution is 5.78. The summed E-state index contributed by atoms with van der Waals surface area (Å²) in [5.41, 5.74) is 5.54. The summed E-state index contributed by atoms with van der Waals surface area (Å²) in [6, 6.07) is -0.617. The highest BCUT2D eigenvalue weighted by Crippen LogP contribution is 2.10. The van der Waals surface area contributed by atoms with E-state index >= 15 is 0 Å². The molecular formula is C9H16N2O3. The van der Waals surface area contributed by atoms with Crippen molar-refractivity contribution in [1.82, 2.24) is 4.90 Å². The van der Waals surface area contributed by atoms with Gasteiger partial charge in [-0.15, -0.1) is 0 Å². The second-order valence-electron chi connectivity index (χ2n) is 3.40. The van der Waals surface area contributed by atoms with E-state index in [0.717, 1.165) is 13.0 Å². The van der Waals surface area contributed by atoms with Gasteiger partial charge in [0.2, 0.25) is 5.91 Å². The number of carbonyl (C=O) groups is 2. The number of methoxy groups -OCH3 is 1. The number of nitrogens with zero attached hydrogens (tertiary/aromatic N) is 1. The summed E-state index contributed by atoms with van der Waals surface area (Å²) in [5, 5.41) is 0. The molecule has 5 nitrogen and oxygen atoms in total. The Labute approximate surface area is 83.2 Å². The highest BCUT2D eigenvalue weighted by atomic mass is 16.5. The molecular weight excluding hydrogens is 184 g/mol. The minimum atomic E-state index is -0.617. The van der Waals surface area contributed by atoms with Gasteiger partial charge in [-0.1, -0.05) is 0 Å². The van der Waals surface area contributed by atoms with E-state index < -0.39 is 12.0 Å². The fraction of sp³-hybridized carbons (Fsp3) is 0.778. The number of esters is 1. The van der Waals surface area contributed by atoms with E-state index in [1.165, 1.54) is 7.11 Å². The molecule has 1 rings (SSSR count). The van der Waals surface area contributed by atoms with Crippen LogP contribution in [0.1, 0.15) is 19.3 Å². The van der Waals surface area contributed by atoms with E-state index in [4.69, 9.17) is 5.73 Å². The minimum Gasteiger partial charge on any atom is -0.468 e. The van der Waals surface area contributed by atoms with Crippen molar-refractivity contribution in [2.45, 2.75) is 25.3 Å². The maximum Gasteiger partial charge on any atom is 0.322 e. The summed E-state index contributed by atoms with van der Waals surface area (Å²) in [6.07, 6.45) is 2.00. The molecule has 0 radical (unpaired) electrons. The molecule has 0 aromatic heterocycles. The molecule has 1 amide bonds. The molecule has 1 saturated heterocycles. The molecule has 1 aliphatic heterocycles. The third-order valence-electron chi connectivity index (χ3n) is 2.39. The van der Waals surface area contributed by atoms with Crippen molar-refractivity contribution in [2.24, 2.45) is 5.73 Å². The van der Waals surface area contributed by atoms with Gasteiger partial charge in [-0.25, -0.2) is 0 Å². The first kappa shape index (κ1) is 11.0. The van der Waals surface area contributed by atoms with Crippen molar-refractivity contribution >= 4 is 11.9 Å². The molecule has 1 heterocycles. The Hall–Kier alpha value is -1.10. The number of nitrogens with two attached hydrogens (primary N) is 1. The van der Waals surface area contributed by atoms with E-state index in [2.05, 4.69) is 4.74 Å². The molecule has 14 heavy (non-hydrogen) atoms. The lowest BCUT2D eigenvalue weighted by molar-refractivity contribution is -0.142. The number of amides is 1. The Morgan fingerprint density at radius 1 is 1.71 bits per heavy atom. The second-order valence-corrected chi connectivity index (χ2v) is 3.40. The third kappa shape index (κ3) is 2.70. The number of hydrogen-bond donors (Lipinski definition) is 1. The van der Waals surface area contributed by atoms with Gasteiger partial charge in [-0.05, 0) is 12.8 Å². The normalized spacial score (nSPS) is 18.4. The average Bonchev–Trinajstić information content (AvgIpc) is 2.59. The molecule has 0 bridgehead atoms. The van der Waals surface area contributed by atoms with Crippen molar-refractivity contribution in [1.29, 1.82) is 0 Å². The summed E-state index contributed by atoms with van der Waals surface area (Å²) in [5.74, 6) is -0.265. The van der Waals surface area contributed by atoms with Crippen LogP contribution < -0.4 is 5.73 Å². The molecule has 0 aromatic carbocycles. The van der Waals surface area contributed by atoms with E-state index in [9.17, 15) is 9.59 Å². The van der Waals surface area contributed by atoms with Crippen molar-refractivity contribution in [2.75, 3.05) is 20.2 Å². The predicted octanol–water partition coefficient (Wildman–Crippen LogP) is -0.501. The van der Waals surface area contributed by atoms with Gasteiger partial charge >= 0.3 is 5.97 Å². The van der Waals surface area contributed by atoms with Crippen LogP contribution in [0.5, 0.6) is 0 Å². The molecule has 1 fully saturated rings. The van der Waals surface area contributed by atoms with E-state index in [1.807, 2.05) is 0 Å². The lowest BCUT2D eigenvalue weighted by Crippen LogP contribution is -2.36. The molecule has 0 aromatic rings. The van der Waals surface area contributed by atoms with E-state index in [1.54, 1.807) is 4.90 Å². The SMILES string of the molecule is COC(=O)C(N)CCN1CCCC1=O. The van der Waals surface area contributed by atoms with Crippen molar-refractivity contribution < 1.29 is 14.3 Å². The summed E-state index contributed by atoms with van der Waals surface area (Å²) in [6.45, 7) is 1.34. The first-order valence-electron chi connectivity index (χ1n) is 4.76. The predicted molar refractivity (Wildman–Crippen MR) is 50.4 cm³/mol. The summed E-state index contributed by atoms with van der Waals surface area (Å²) >= 11 is 0. The molecule has 80 valence electrons. The van der Waals surface area contributed by atoms with Gasteiger partial charge in [-0.3, -0.25) is 9.59 Å². The lowest BCUT2D eigenvalue weighted by atomic mass is 10.2. The molecule has 0 saturated carbocycles. The van der Waals surface area contributed by atoms with Crippen LogP contribution in [0.3, 0.4) is 0 Å². The maximum absolute atomic E-state index is 11.2. The Bertz CT molecular complexity index is 230. The number of likely N-dealkylation sites (tertiary alicyclic amines) is 1. The minimum absolute atomic E-state index is 0.155. The van der Waals surface area contributed by atoms with Gasteiger partial charge in [0.05, 0.1) is 7.11 Å². The monoisotopic (exact) mass is 200 g/mol. The smallest absolute Gasteiger partial charge is 0.322 e. The van der Waals surface area contributed by atoms with E-state index in [0.29, 0.717) is 19.4 Å². The van der Waals surface area contributed by atoms with Crippen LogP contribution >= 0.6 is 0 Å². The van der Waals surface area contributed by atoms with Crippen LogP contribution in [0.25, 0.3) is 0 Å². The maximum atomic E-state index is 11.2. The van der Waals surface area contributed by atoms with Gasteiger partial charge in [0.15, 0.2) is 0 Å². The van der Waals surface area contributed by atoms with Gasteiger partial charge in [0.25, 0.3) is 0 Å². The first-order chi connectivity index (χ1) is 6.65. The van der Waals surface area contributed by atoms with Crippen molar-refractivity contribution in [3.63, 3.8) is 0 Å². The highest BCUT2D eigenvalue weighted by Gasteiger charge is 2.22. The average molecular weight is 200 g/mol. The Balaban J connectivity index is 2.26. The van der Waals surface area contributed by atoms with Crippen LogP contribution in [-0.2, 0) is 14.3 Å². The number of rotatable bonds is 4. The van der Waals surface area contributed by atoms with Gasteiger partial charge < -0.3 is 15.4 Å². The fourth-order valence-corrected chi connectivity index (χ4v) is 1.50. The molecule has 1 aliphatic rings. The zero-order chi connectivity index (χ0) is 10.6. The summed E-state index contributed by atoms with van der Waals surface area (Å²) in [4.78, 5) is 23.9. The summed E-state index contributed by atoms with van der Waals surface area (Å²) in [7, 11) is 1.31. The molecule has 0 aliphatic carbocycles. The van der Waals surface area contributed by atoms with Crippen LogP contribution in [-0.4, -0.2) is 43.0 Å². The standard InChI is InChI=1S/C9H16N2O3/c1-14-9(13)7(10)4-6-11-5-2-3-8(11)12/h7H,2-6,10H2,1H3. The first-order valence-corrected chi connectivity index (χ1v) is 4.76.